The van der Waals surface area contributed by atoms with Crippen LogP contribution in [0, 0.1) is 6.92 Å². The van der Waals surface area contributed by atoms with Crippen LogP contribution in [0.5, 0.6) is 0 Å². The van der Waals surface area contributed by atoms with Crippen LogP contribution in [0.4, 0.5) is 0 Å². The average Bonchev–Trinajstić information content (AvgIpc) is 3.04. The molecule has 0 fully saturated rings. The lowest BCUT2D eigenvalue weighted by Crippen LogP contribution is -2.23. The standard InChI is InChI=1S/C19H16Cl2N2O2S/c1-12-8-15(25-23-12)11-26-18-5-3-2-4-16(18)19(24)22-10-13-6-7-14(20)9-17(13)21/h2-9H,10-11H2,1H3,(H,22,24). The monoisotopic (exact) mass is 406 g/mol. The zero-order valence-corrected chi connectivity index (χ0v) is 16.3. The Kier molecular flexibility index (Phi) is 6.25. The number of nitrogens with one attached hydrogen (secondary N) is 1. The lowest BCUT2D eigenvalue weighted by molar-refractivity contribution is 0.0948. The molecule has 0 atom stereocenters. The fourth-order valence-corrected chi connectivity index (χ4v) is 3.75. The van der Waals surface area contributed by atoms with Crippen LogP contribution in [0.15, 0.2) is 57.9 Å². The van der Waals surface area contributed by atoms with Crippen LogP contribution in [0.2, 0.25) is 10.0 Å². The summed E-state index contributed by atoms with van der Waals surface area (Å²) < 4.78 is 5.22. The molecule has 2 aromatic carbocycles. The number of amides is 1. The first-order chi connectivity index (χ1) is 12.5. The first kappa shape index (κ1) is 18.8. The summed E-state index contributed by atoms with van der Waals surface area (Å²) in [5.74, 6) is 1.22. The van der Waals surface area contributed by atoms with Gasteiger partial charge in [0.25, 0.3) is 5.91 Å². The van der Waals surface area contributed by atoms with Gasteiger partial charge in [0.15, 0.2) is 0 Å². The molecule has 3 rings (SSSR count). The molecule has 1 aromatic heterocycles. The van der Waals surface area contributed by atoms with Gasteiger partial charge in [-0.2, -0.15) is 0 Å². The van der Waals surface area contributed by atoms with Gasteiger partial charge in [0.2, 0.25) is 0 Å². The van der Waals surface area contributed by atoms with Crippen LogP contribution >= 0.6 is 35.0 Å². The maximum absolute atomic E-state index is 12.6. The van der Waals surface area contributed by atoms with Crippen molar-refractivity contribution in [3.63, 3.8) is 0 Å². The maximum atomic E-state index is 12.6. The smallest absolute Gasteiger partial charge is 0.252 e. The summed E-state index contributed by atoms with van der Waals surface area (Å²) in [5, 5.41) is 7.87. The highest BCUT2D eigenvalue weighted by Gasteiger charge is 2.13. The largest absolute Gasteiger partial charge is 0.360 e. The van der Waals surface area contributed by atoms with E-state index in [4.69, 9.17) is 27.7 Å². The molecular weight excluding hydrogens is 391 g/mol. The predicted octanol–water partition coefficient (Wildman–Crippen LogP) is 5.51. The van der Waals surface area contributed by atoms with E-state index in [0.29, 0.717) is 27.9 Å². The number of carbonyl (C=O) groups is 1. The third-order valence-corrected chi connectivity index (χ3v) is 5.32. The average molecular weight is 407 g/mol. The number of benzene rings is 2. The van der Waals surface area contributed by atoms with Crippen molar-refractivity contribution in [3.8, 4) is 0 Å². The van der Waals surface area contributed by atoms with Crippen LogP contribution in [-0.2, 0) is 12.3 Å². The van der Waals surface area contributed by atoms with E-state index >= 15 is 0 Å². The first-order valence-corrected chi connectivity index (χ1v) is 9.63. The fraction of sp³-hybridized carbons (Fsp3) is 0.158. The van der Waals surface area contributed by atoms with Crippen LogP contribution in [0.3, 0.4) is 0 Å². The number of aromatic nitrogens is 1. The highest BCUT2D eigenvalue weighted by molar-refractivity contribution is 7.98. The second-order valence-electron chi connectivity index (χ2n) is 5.64. The highest BCUT2D eigenvalue weighted by Crippen LogP contribution is 2.27. The Morgan fingerprint density at radius 2 is 2.00 bits per heavy atom. The Morgan fingerprint density at radius 1 is 1.19 bits per heavy atom. The second-order valence-corrected chi connectivity index (χ2v) is 7.50. The first-order valence-electron chi connectivity index (χ1n) is 7.89. The van der Waals surface area contributed by atoms with E-state index in [0.717, 1.165) is 21.9 Å². The van der Waals surface area contributed by atoms with Gasteiger partial charge in [-0.25, -0.2) is 0 Å². The van der Waals surface area contributed by atoms with Crippen molar-refractivity contribution in [1.82, 2.24) is 10.5 Å². The molecule has 7 heteroatoms. The molecule has 0 spiro atoms. The van der Waals surface area contributed by atoms with Crippen molar-refractivity contribution in [3.05, 3.63) is 81.2 Å². The minimum absolute atomic E-state index is 0.159. The Labute approximate surface area is 165 Å². The summed E-state index contributed by atoms with van der Waals surface area (Å²) in [7, 11) is 0. The number of aryl methyl sites for hydroxylation is 1. The molecule has 3 aromatic rings. The Hall–Kier alpha value is -1.95. The van der Waals surface area contributed by atoms with Gasteiger partial charge in [-0.3, -0.25) is 4.79 Å². The van der Waals surface area contributed by atoms with Gasteiger partial charge < -0.3 is 9.84 Å². The lowest BCUT2D eigenvalue weighted by Gasteiger charge is -2.10. The van der Waals surface area contributed by atoms with Crippen LogP contribution in [-0.4, -0.2) is 11.1 Å². The van der Waals surface area contributed by atoms with Crippen molar-refractivity contribution in [1.29, 1.82) is 0 Å². The Balaban J connectivity index is 1.67. The van der Waals surface area contributed by atoms with Crippen molar-refractivity contribution in [2.45, 2.75) is 24.1 Å². The van der Waals surface area contributed by atoms with Gasteiger partial charge in [0.1, 0.15) is 5.76 Å². The van der Waals surface area contributed by atoms with Gasteiger partial charge in [-0.1, -0.05) is 46.6 Å². The Bertz CT molecular complexity index is 927. The molecule has 0 saturated carbocycles. The molecule has 0 aliphatic carbocycles. The minimum Gasteiger partial charge on any atom is -0.360 e. The minimum atomic E-state index is -0.159. The molecular formula is C19H16Cl2N2O2S. The van der Waals surface area contributed by atoms with E-state index in [1.807, 2.05) is 31.2 Å². The quantitative estimate of drug-likeness (QED) is 0.548. The zero-order chi connectivity index (χ0) is 18.5. The van der Waals surface area contributed by atoms with Crippen LogP contribution in [0.25, 0.3) is 0 Å². The van der Waals surface area contributed by atoms with E-state index in [2.05, 4.69) is 10.5 Å². The molecule has 0 radical (unpaired) electrons. The topological polar surface area (TPSA) is 55.1 Å². The molecule has 134 valence electrons. The summed E-state index contributed by atoms with van der Waals surface area (Å²) in [4.78, 5) is 13.5. The molecule has 1 heterocycles. The van der Waals surface area contributed by atoms with Crippen molar-refractivity contribution >= 4 is 40.9 Å². The summed E-state index contributed by atoms with van der Waals surface area (Å²) in [6.45, 7) is 2.20. The van der Waals surface area contributed by atoms with Gasteiger partial charge in [-0.15, -0.1) is 11.8 Å². The number of thioether (sulfide) groups is 1. The summed E-state index contributed by atoms with van der Waals surface area (Å²) in [6.07, 6.45) is 0. The fourth-order valence-electron chi connectivity index (χ4n) is 2.35. The second kappa shape index (κ2) is 8.62. The zero-order valence-electron chi connectivity index (χ0n) is 14.0. The van der Waals surface area contributed by atoms with E-state index in [1.165, 1.54) is 11.8 Å². The van der Waals surface area contributed by atoms with Crippen molar-refractivity contribution in [2.75, 3.05) is 0 Å². The number of rotatable bonds is 6. The number of hydrogen-bond donors (Lipinski definition) is 1. The lowest BCUT2D eigenvalue weighted by atomic mass is 10.2. The molecule has 0 unspecified atom stereocenters. The summed E-state index contributed by atoms with van der Waals surface area (Å²) >= 11 is 13.6. The highest BCUT2D eigenvalue weighted by atomic mass is 35.5. The molecule has 1 N–H and O–H groups in total. The molecule has 26 heavy (non-hydrogen) atoms. The molecule has 1 amide bonds. The number of carbonyl (C=O) groups excluding carboxylic acids is 1. The molecule has 4 nitrogen and oxygen atoms in total. The number of hydrogen-bond acceptors (Lipinski definition) is 4. The van der Waals surface area contributed by atoms with E-state index < -0.39 is 0 Å². The number of halogens is 2. The van der Waals surface area contributed by atoms with E-state index in [1.54, 1.807) is 24.3 Å². The SMILES string of the molecule is Cc1cc(CSc2ccccc2C(=O)NCc2ccc(Cl)cc2Cl)on1. The van der Waals surface area contributed by atoms with Crippen molar-refractivity contribution in [2.24, 2.45) is 0 Å². The molecule has 0 aliphatic rings. The molecule has 0 aliphatic heterocycles. The maximum Gasteiger partial charge on any atom is 0.252 e. The normalized spacial score (nSPS) is 10.7. The van der Waals surface area contributed by atoms with Crippen LogP contribution < -0.4 is 5.32 Å². The Morgan fingerprint density at radius 3 is 2.73 bits per heavy atom. The van der Waals surface area contributed by atoms with Crippen LogP contribution in [0.1, 0.15) is 27.4 Å². The van der Waals surface area contributed by atoms with Gasteiger partial charge >= 0.3 is 0 Å². The van der Waals surface area contributed by atoms with Gasteiger partial charge in [0, 0.05) is 27.6 Å². The third kappa shape index (κ3) is 4.81. The summed E-state index contributed by atoms with van der Waals surface area (Å²) in [5.41, 5.74) is 2.26. The molecule has 0 saturated heterocycles. The van der Waals surface area contributed by atoms with Gasteiger partial charge in [-0.05, 0) is 36.8 Å². The summed E-state index contributed by atoms with van der Waals surface area (Å²) in [6, 6.07) is 14.6. The number of nitrogens with zero attached hydrogens (tertiary/aromatic N) is 1. The predicted molar refractivity (Wildman–Crippen MR) is 105 cm³/mol. The van der Waals surface area contributed by atoms with E-state index in [9.17, 15) is 4.79 Å². The van der Waals surface area contributed by atoms with Gasteiger partial charge in [0.05, 0.1) is 17.0 Å². The van der Waals surface area contributed by atoms with E-state index in [-0.39, 0.29) is 5.91 Å². The van der Waals surface area contributed by atoms with Crippen molar-refractivity contribution < 1.29 is 9.32 Å². The molecule has 0 bridgehead atoms. The third-order valence-electron chi connectivity index (χ3n) is 3.63.